The van der Waals surface area contributed by atoms with E-state index in [1.54, 1.807) is 13.1 Å². The highest BCUT2D eigenvalue weighted by molar-refractivity contribution is 5.95. The summed E-state index contributed by atoms with van der Waals surface area (Å²) in [7, 11) is 1.54. The summed E-state index contributed by atoms with van der Waals surface area (Å²) in [6.07, 6.45) is 1.53. The molecule has 0 bridgehead atoms. The molecule has 3 aromatic rings. The number of halogens is 1. The highest BCUT2D eigenvalue weighted by Gasteiger charge is 2.14. The number of aromatic nitrogens is 1. The summed E-state index contributed by atoms with van der Waals surface area (Å²) in [6.45, 7) is 0.107. The van der Waals surface area contributed by atoms with Crippen LogP contribution in [0.5, 0.6) is 0 Å². The summed E-state index contributed by atoms with van der Waals surface area (Å²) in [5.74, 6) is -1.36. The third-order valence-electron chi connectivity index (χ3n) is 3.58. The Kier molecular flexibility index (Phi) is 3.93. The van der Waals surface area contributed by atoms with Gasteiger partial charge in [-0.05, 0) is 29.1 Å². The van der Waals surface area contributed by atoms with Crippen molar-refractivity contribution < 1.29 is 13.9 Å². The van der Waals surface area contributed by atoms with Gasteiger partial charge in [0, 0.05) is 13.2 Å². The predicted octanol–water partition coefficient (Wildman–Crippen LogP) is 3.03. The van der Waals surface area contributed by atoms with Crippen LogP contribution in [0.1, 0.15) is 15.9 Å². The maximum Gasteiger partial charge on any atom is 0.338 e. The Morgan fingerprint density at radius 3 is 2.65 bits per heavy atom. The molecule has 0 aliphatic rings. The van der Waals surface area contributed by atoms with E-state index in [1.165, 1.54) is 16.8 Å². The lowest BCUT2D eigenvalue weighted by Crippen LogP contribution is -2.17. The number of pyridine rings is 1. The van der Waals surface area contributed by atoms with Crippen LogP contribution in [-0.4, -0.2) is 10.5 Å². The van der Waals surface area contributed by atoms with Crippen molar-refractivity contribution in [1.29, 1.82) is 0 Å². The molecular weight excluding hydrogens is 297 g/mol. The molecule has 4 nitrogen and oxygen atoms in total. The molecule has 3 rings (SSSR count). The Morgan fingerprint density at radius 1 is 1.17 bits per heavy atom. The average Bonchev–Trinajstić information content (AvgIpc) is 2.56. The molecule has 0 spiro atoms. The monoisotopic (exact) mass is 311 g/mol. The van der Waals surface area contributed by atoms with E-state index in [2.05, 4.69) is 0 Å². The van der Waals surface area contributed by atoms with Crippen LogP contribution in [0.4, 0.5) is 4.39 Å². The third-order valence-corrected chi connectivity index (χ3v) is 3.58. The van der Waals surface area contributed by atoms with Gasteiger partial charge in [-0.2, -0.15) is 0 Å². The van der Waals surface area contributed by atoms with Gasteiger partial charge in [0.25, 0.3) is 5.56 Å². The fourth-order valence-corrected chi connectivity index (χ4v) is 2.35. The number of benzene rings is 2. The lowest BCUT2D eigenvalue weighted by atomic mass is 10.1. The predicted molar refractivity (Wildman–Crippen MR) is 84.7 cm³/mol. The van der Waals surface area contributed by atoms with Gasteiger partial charge in [0.15, 0.2) is 0 Å². The van der Waals surface area contributed by atoms with E-state index in [0.29, 0.717) is 5.39 Å². The molecule has 0 aliphatic heterocycles. The van der Waals surface area contributed by atoms with Gasteiger partial charge in [0.1, 0.15) is 12.4 Å². The maximum atomic E-state index is 14.2. The standard InChI is InChI=1S/C18H14FNO3/c1-20-8-7-13-9-14(10-15(19)16(13)17(20)21)18(22)23-11-12-5-3-2-4-6-12/h2-10H,11H2,1H3. The Balaban J connectivity index is 1.90. The summed E-state index contributed by atoms with van der Waals surface area (Å²) in [4.78, 5) is 24.0. The van der Waals surface area contributed by atoms with Gasteiger partial charge in [0.05, 0.1) is 10.9 Å². The number of esters is 1. The van der Waals surface area contributed by atoms with Crippen LogP contribution in [0.15, 0.2) is 59.5 Å². The van der Waals surface area contributed by atoms with Crippen LogP contribution in [0, 0.1) is 5.82 Å². The van der Waals surface area contributed by atoms with Gasteiger partial charge in [0.2, 0.25) is 0 Å². The summed E-state index contributed by atoms with van der Waals surface area (Å²) >= 11 is 0. The van der Waals surface area contributed by atoms with Gasteiger partial charge in [-0.3, -0.25) is 4.79 Å². The molecule has 0 atom stereocenters. The quantitative estimate of drug-likeness (QED) is 0.699. The number of ether oxygens (including phenoxy) is 1. The molecule has 1 aromatic heterocycles. The fourth-order valence-electron chi connectivity index (χ4n) is 2.35. The fraction of sp³-hybridized carbons (Fsp3) is 0.111. The minimum atomic E-state index is -0.727. The lowest BCUT2D eigenvalue weighted by molar-refractivity contribution is 0.0472. The topological polar surface area (TPSA) is 48.3 Å². The number of carbonyl (C=O) groups is 1. The first kappa shape index (κ1) is 15.0. The Labute approximate surface area is 131 Å². The summed E-state index contributed by atoms with van der Waals surface area (Å²) < 4.78 is 20.7. The van der Waals surface area contributed by atoms with Crippen molar-refractivity contribution >= 4 is 16.7 Å². The van der Waals surface area contributed by atoms with Crippen molar-refractivity contribution in [3.05, 3.63) is 82.0 Å². The molecule has 23 heavy (non-hydrogen) atoms. The zero-order chi connectivity index (χ0) is 16.4. The maximum absolute atomic E-state index is 14.2. The van der Waals surface area contributed by atoms with Gasteiger partial charge < -0.3 is 9.30 Å². The van der Waals surface area contributed by atoms with E-state index in [1.807, 2.05) is 30.3 Å². The molecule has 0 amide bonds. The van der Waals surface area contributed by atoms with Gasteiger partial charge in [-0.15, -0.1) is 0 Å². The molecule has 0 radical (unpaired) electrons. The van der Waals surface area contributed by atoms with Crippen LogP contribution in [0.25, 0.3) is 10.8 Å². The van der Waals surface area contributed by atoms with Gasteiger partial charge in [-0.1, -0.05) is 30.3 Å². The number of carbonyl (C=O) groups excluding carboxylic acids is 1. The molecular formula is C18H14FNO3. The molecule has 0 saturated carbocycles. The van der Waals surface area contributed by atoms with E-state index < -0.39 is 17.3 Å². The molecule has 1 heterocycles. The van der Waals surface area contributed by atoms with Crippen LogP contribution in [0.3, 0.4) is 0 Å². The SMILES string of the molecule is Cn1ccc2cc(C(=O)OCc3ccccc3)cc(F)c2c1=O. The first-order valence-electron chi connectivity index (χ1n) is 7.06. The number of hydrogen-bond donors (Lipinski definition) is 0. The second kappa shape index (κ2) is 6.04. The third kappa shape index (κ3) is 2.99. The summed E-state index contributed by atoms with van der Waals surface area (Å²) in [5, 5.41) is 0.342. The van der Waals surface area contributed by atoms with Crippen molar-refractivity contribution in [2.45, 2.75) is 6.61 Å². The number of hydrogen-bond acceptors (Lipinski definition) is 3. The Hall–Kier alpha value is -2.95. The number of rotatable bonds is 3. The number of aryl methyl sites for hydroxylation is 1. The van der Waals surface area contributed by atoms with Crippen molar-refractivity contribution in [3.8, 4) is 0 Å². The molecule has 0 unspecified atom stereocenters. The first-order chi connectivity index (χ1) is 11.1. The van der Waals surface area contributed by atoms with E-state index in [9.17, 15) is 14.0 Å². The minimum absolute atomic E-state index is 0.0328. The van der Waals surface area contributed by atoms with Gasteiger partial charge in [-0.25, -0.2) is 9.18 Å². The molecule has 0 saturated heterocycles. The zero-order valence-electron chi connectivity index (χ0n) is 12.5. The van der Waals surface area contributed by atoms with Crippen LogP contribution >= 0.6 is 0 Å². The highest BCUT2D eigenvalue weighted by atomic mass is 19.1. The molecule has 2 aromatic carbocycles. The molecule has 0 aliphatic carbocycles. The van der Waals surface area contributed by atoms with E-state index in [-0.39, 0.29) is 17.6 Å². The number of fused-ring (bicyclic) bond motifs is 1. The second-order valence-corrected chi connectivity index (χ2v) is 5.22. The molecule has 116 valence electrons. The van der Waals surface area contributed by atoms with Crippen LogP contribution < -0.4 is 5.56 Å². The normalized spacial score (nSPS) is 10.7. The van der Waals surface area contributed by atoms with Crippen molar-refractivity contribution in [1.82, 2.24) is 4.57 Å². The molecule has 5 heteroatoms. The van der Waals surface area contributed by atoms with Crippen molar-refractivity contribution in [3.63, 3.8) is 0 Å². The molecule has 0 N–H and O–H groups in total. The van der Waals surface area contributed by atoms with E-state index >= 15 is 0 Å². The highest BCUT2D eigenvalue weighted by Crippen LogP contribution is 2.18. The van der Waals surface area contributed by atoms with Gasteiger partial charge >= 0.3 is 5.97 Å². The average molecular weight is 311 g/mol. The zero-order valence-corrected chi connectivity index (χ0v) is 12.5. The smallest absolute Gasteiger partial charge is 0.338 e. The Morgan fingerprint density at radius 2 is 1.91 bits per heavy atom. The van der Waals surface area contributed by atoms with E-state index in [4.69, 9.17) is 4.74 Å². The number of nitrogens with zero attached hydrogens (tertiary/aromatic N) is 1. The minimum Gasteiger partial charge on any atom is -0.457 e. The van der Waals surface area contributed by atoms with E-state index in [0.717, 1.165) is 11.6 Å². The summed E-state index contributed by atoms with van der Waals surface area (Å²) in [6, 6.07) is 13.3. The first-order valence-corrected chi connectivity index (χ1v) is 7.06. The van der Waals surface area contributed by atoms with Crippen molar-refractivity contribution in [2.75, 3.05) is 0 Å². The van der Waals surface area contributed by atoms with Crippen LogP contribution in [-0.2, 0) is 18.4 Å². The second-order valence-electron chi connectivity index (χ2n) is 5.22. The lowest BCUT2D eigenvalue weighted by Gasteiger charge is -2.07. The Bertz CT molecular complexity index is 932. The van der Waals surface area contributed by atoms with Crippen molar-refractivity contribution in [2.24, 2.45) is 7.05 Å². The molecule has 0 fully saturated rings. The largest absolute Gasteiger partial charge is 0.457 e. The summed E-state index contributed by atoms with van der Waals surface area (Å²) in [5.41, 5.74) is 0.486. The van der Waals surface area contributed by atoms with Crippen LogP contribution in [0.2, 0.25) is 0 Å².